The number of nitrogens with one attached hydrogen (secondary N) is 1. The molecule has 0 aromatic carbocycles. The van der Waals surface area contributed by atoms with Crippen LogP contribution in [0.1, 0.15) is 6.92 Å². The van der Waals surface area contributed by atoms with E-state index in [-0.39, 0.29) is 11.6 Å². The number of fused-ring (bicyclic) bond motifs is 1. The Labute approximate surface area is 107 Å². The quantitative estimate of drug-likeness (QED) is 0.727. The van der Waals surface area contributed by atoms with Crippen LogP contribution in [-0.4, -0.2) is 36.0 Å². The molecular weight excluding hydrogens is 248 g/mol. The van der Waals surface area contributed by atoms with Gasteiger partial charge in [-0.3, -0.25) is 14.5 Å². The van der Waals surface area contributed by atoms with Crippen molar-refractivity contribution in [1.82, 2.24) is 29.4 Å². The first-order valence-corrected chi connectivity index (χ1v) is 5.79. The van der Waals surface area contributed by atoms with Crippen LogP contribution in [0.3, 0.4) is 0 Å². The van der Waals surface area contributed by atoms with Crippen LogP contribution in [0, 0.1) is 0 Å². The maximum atomic E-state index is 11.6. The smallest absolute Gasteiger partial charge is 0.337 e. The standard InChI is InChI=1S/C11H12N6O2/c1-3-19-11-14-10-13-9(18)4-8(17(10)15-11)7-5-12-16(2)6-7/h4-6H,3H2,1-2H3,(H,13,14,15,18). The second-order valence-corrected chi connectivity index (χ2v) is 3.98. The van der Waals surface area contributed by atoms with E-state index >= 15 is 0 Å². The number of rotatable bonds is 3. The largest absolute Gasteiger partial charge is 0.463 e. The third kappa shape index (κ3) is 1.96. The molecule has 0 fully saturated rings. The summed E-state index contributed by atoms with van der Waals surface area (Å²) in [6, 6.07) is 1.68. The third-order valence-electron chi connectivity index (χ3n) is 2.59. The fourth-order valence-corrected chi connectivity index (χ4v) is 1.82. The van der Waals surface area contributed by atoms with Gasteiger partial charge < -0.3 is 4.74 Å². The number of aromatic amines is 1. The van der Waals surface area contributed by atoms with Crippen molar-refractivity contribution in [3.8, 4) is 17.3 Å². The molecule has 0 saturated heterocycles. The lowest BCUT2D eigenvalue weighted by Crippen LogP contribution is -2.09. The zero-order valence-electron chi connectivity index (χ0n) is 10.5. The summed E-state index contributed by atoms with van der Waals surface area (Å²) < 4.78 is 8.43. The van der Waals surface area contributed by atoms with Gasteiger partial charge in [0, 0.05) is 24.9 Å². The van der Waals surface area contributed by atoms with E-state index in [0.29, 0.717) is 18.1 Å². The highest BCUT2D eigenvalue weighted by molar-refractivity contribution is 5.59. The molecule has 3 aromatic heterocycles. The molecule has 0 atom stereocenters. The summed E-state index contributed by atoms with van der Waals surface area (Å²) in [6.45, 7) is 2.31. The maximum absolute atomic E-state index is 11.6. The summed E-state index contributed by atoms with van der Waals surface area (Å²) in [4.78, 5) is 18.4. The Hall–Kier alpha value is -2.64. The van der Waals surface area contributed by atoms with Crippen LogP contribution >= 0.6 is 0 Å². The van der Waals surface area contributed by atoms with Crippen molar-refractivity contribution in [3.05, 3.63) is 28.8 Å². The second kappa shape index (κ2) is 4.23. The molecule has 3 aromatic rings. The van der Waals surface area contributed by atoms with E-state index in [0.717, 1.165) is 5.56 Å². The molecule has 0 amide bonds. The lowest BCUT2D eigenvalue weighted by atomic mass is 10.2. The molecule has 1 N–H and O–H groups in total. The maximum Gasteiger partial charge on any atom is 0.337 e. The van der Waals surface area contributed by atoms with Gasteiger partial charge >= 0.3 is 6.01 Å². The highest BCUT2D eigenvalue weighted by Crippen LogP contribution is 2.17. The van der Waals surface area contributed by atoms with Crippen molar-refractivity contribution < 1.29 is 4.74 Å². The summed E-state index contributed by atoms with van der Waals surface area (Å²) in [5.74, 6) is 0.342. The minimum Gasteiger partial charge on any atom is -0.463 e. The average molecular weight is 260 g/mol. The van der Waals surface area contributed by atoms with Crippen LogP contribution in [0.15, 0.2) is 23.3 Å². The molecule has 0 saturated carbocycles. The monoisotopic (exact) mass is 260 g/mol. The SMILES string of the molecule is CCOc1nc2[nH]c(=O)cc(-c3cnn(C)c3)n2n1. The Balaban J connectivity index is 2.25. The first-order chi connectivity index (χ1) is 9.17. The topological polar surface area (TPSA) is 90.1 Å². The molecule has 0 spiro atoms. The molecule has 3 rings (SSSR count). The Kier molecular flexibility index (Phi) is 2.55. The van der Waals surface area contributed by atoms with Gasteiger partial charge in [0.15, 0.2) is 0 Å². The third-order valence-corrected chi connectivity index (χ3v) is 2.59. The highest BCUT2D eigenvalue weighted by Gasteiger charge is 2.12. The molecule has 0 unspecified atom stereocenters. The fraction of sp³-hybridized carbons (Fsp3) is 0.273. The second-order valence-electron chi connectivity index (χ2n) is 3.98. The van der Waals surface area contributed by atoms with Gasteiger partial charge in [-0.2, -0.15) is 14.6 Å². The van der Waals surface area contributed by atoms with E-state index < -0.39 is 0 Å². The molecule has 0 aliphatic rings. The number of aromatic nitrogens is 6. The molecule has 0 radical (unpaired) electrons. The summed E-state index contributed by atoms with van der Waals surface area (Å²) in [5.41, 5.74) is 1.15. The van der Waals surface area contributed by atoms with Crippen LogP contribution in [0.25, 0.3) is 17.0 Å². The number of aryl methyl sites for hydroxylation is 1. The van der Waals surface area contributed by atoms with Crippen LogP contribution in [0.5, 0.6) is 6.01 Å². The van der Waals surface area contributed by atoms with Crippen LogP contribution in [0.4, 0.5) is 0 Å². The predicted octanol–water partition coefficient (Wildman–Crippen LogP) is 0.217. The van der Waals surface area contributed by atoms with Gasteiger partial charge in [-0.15, -0.1) is 5.10 Å². The molecule has 3 heterocycles. The minimum atomic E-state index is -0.248. The summed E-state index contributed by atoms with van der Waals surface area (Å²) in [6.07, 6.45) is 3.46. The van der Waals surface area contributed by atoms with E-state index in [4.69, 9.17) is 4.74 Å². The van der Waals surface area contributed by atoms with Gasteiger partial charge in [0.25, 0.3) is 5.56 Å². The molecule has 0 aliphatic heterocycles. The first-order valence-electron chi connectivity index (χ1n) is 5.79. The van der Waals surface area contributed by atoms with Gasteiger partial charge in [-0.1, -0.05) is 0 Å². The van der Waals surface area contributed by atoms with Crippen LogP contribution in [0.2, 0.25) is 0 Å². The normalized spacial score (nSPS) is 11.1. The van der Waals surface area contributed by atoms with Crippen molar-refractivity contribution in [3.63, 3.8) is 0 Å². The minimum absolute atomic E-state index is 0.231. The zero-order valence-corrected chi connectivity index (χ0v) is 10.5. The molecular formula is C11H12N6O2. The van der Waals surface area contributed by atoms with E-state index in [9.17, 15) is 4.79 Å². The lowest BCUT2D eigenvalue weighted by molar-refractivity contribution is 0.313. The Morgan fingerprint density at radius 2 is 2.32 bits per heavy atom. The van der Waals surface area contributed by atoms with E-state index in [1.807, 2.05) is 6.92 Å². The number of hydrogen-bond donors (Lipinski definition) is 1. The van der Waals surface area contributed by atoms with Crippen molar-refractivity contribution in [2.24, 2.45) is 7.05 Å². The van der Waals surface area contributed by atoms with Crippen LogP contribution in [-0.2, 0) is 7.05 Å². The van der Waals surface area contributed by atoms with Gasteiger partial charge in [0.1, 0.15) is 0 Å². The number of H-pyrrole nitrogens is 1. The number of hydrogen-bond acceptors (Lipinski definition) is 5. The molecule has 8 nitrogen and oxygen atoms in total. The average Bonchev–Trinajstić information content (AvgIpc) is 2.94. The lowest BCUT2D eigenvalue weighted by Gasteiger charge is -1.99. The predicted molar refractivity (Wildman–Crippen MR) is 67.0 cm³/mol. The van der Waals surface area contributed by atoms with Crippen LogP contribution < -0.4 is 10.3 Å². The molecule has 0 bridgehead atoms. The van der Waals surface area contributed by atoms with E-state index in [1.54, 1.807) is 24.1 Å². The summed E-state index contributed by atoms with van der Waals surface area (Å²) in [7, 11) is 1.81. The van der Waals surface area contributed by atoms with Gasteiger partial charge in [0.2, 0.25) is 5.78 Å². The van der Waals surface area contributed by atoms with Gasteiger partial charge in [0.05, 0.1) is 18.5 Å². The number of ether oxygens (including phenoxy) is 1. The van der Waals surface area contributed by atoms with Crippen molar-refractivity contribution >= 4 is 5.78 Å². The first kappa shape index (κ1) is 11.5. The number of nitrogens with zero attached hydrogens (tertiary/aromatic N) is 5. The van der Waals surface area contributed by atoms with Crippen molar-refractivity contribution in [2.45, 2.75) is 6.92 Å². The van der Waals surface area contributed by atoms with Crippen molar-refractivity contribution in [2.75, 3.05) is 6.61 Å². The molecule has 0 aliphatic carbocycles. The van der Waals surface area contributed by atoms with Gasteiger partial charge in [-0.05, 0) is 6.92 Å². The fourth-order valence-electron chi connectivity index (χ4n) is 1.82. The van der Waals surface area contributed by atoms with E-state index in [1.165, 1.54) is 10.6 Å². The Morgan fingerprint density at radius 3 is 3.00 bits per heavy atom. The summed E-state index contributed by atoms with van der Waals surface area (Å²) >= 11 is 0. The van der Waals surface area contributed by atoms with E-state index in [2.05, 4.69) is 20.2 Å². The molecule has 8 heteroatoms. The highest BCUT2D eigenvalue weighted by atomic mass is 16.5. The Morgan fingerprint density at radius 1 is 1.47 bits per heavy atom. The van der Waals surface area contributed by atoms with Gasteiger partial charge in [-0.25, -0.2) is 0 Å². The van der Waals surface area contributed by atoms with Crippen molar-refractivity contribution in [1.29, 1.82) is 0 Å². The molecule has 98 valence electrons. The zero-order chi connectivity index (χ0) is 13.4. The molecule has 19 heavy (non-hydrogen) atoms. The Bertz CT molecular complexity index is 784. The summed E-state index contributed by atoms with van der Waals surface area (Å²) in [5, 5.41) is 8.29.